The van der Waals surface area contributed by atoms with Crippen molar-refractivity contribution in [2.75, 3.05) is 26.2 Å². The monoisotopic (exact) mass is 373 g/mol. The smallest absolute Gasteiger partial charge is 0.265 e. The first-order valence-corrected chi connectivity index (χ1v) is 9.77. The lowest BCUT2D eigenvalue weighted by molar-refractivity contribution is -0.131. The van der Waals surface area contributed by atoms with Crippen molar-refractivity contribution >= 4 is 23.2 Å². The van der Waals surface area contributed by atoms with E-state index in [-0.39, 0.29) is 11.8 Å². The molecule has 7 nitrogen and oxygen atoms in total. The van der Waals surface area contributed by atoms with E-state index in [1.165, 1.54) is 11.3 Å². The average Bonchev–Trinajstić information content (AvgIpc) is 3.36. The maximum absolute atomic E-state index is 12.6. The number of nitrogens with zero attached hydrogens (tertiary/aromatic N) is 5. The highest BCUT2D eigenvalue weighted by atomic mass is 32.1. The van der Waals surface area contributed by atoms with Gasteiger partial charge in [-0.2, -0.15) is 10.2 Å². The van der Waals surface area contributed by atoms with Crippen LogP contribution in [0.4, 0.5) is 0 Å². The molecule has 0 aromatic carbocycles. The highest BCUT2D eigenvalue weighted by Crippen LogP contribution is 2.37. The fraction of sp³-hybridized carbons (Fsp3) is 0.611. The van der Waals surface area contributed by atoms with Gasteiger partial charge in [-0.1, -0.05) is 0 Å². The van der Waals surface area contributed by atoms with Crippen LogP contribution in [0.3, 0.4) is 0 Å². The van der Waals surface area contributed by atoms with Crippen molar-refractivity contribution in [1.82, 2.24) is 14.8 Å². The maximum Gasteiger partial charge on any atom is 0.265 e. The van der Waals surface area contributed by atoms with Crippen LogP contribution in [-0.4, -0.2) is 58.4 Å². The van der Waals surface area contributed by atoms with Crippen LogP contribution in [0.2, 0.25) is 0 Å². The van der Waals surface area contributed by atoms with Crippen molar-refractivity contribution in [2.45, 2.75) is 44.7 Å². The van der Waals surface area contributed by atoms with Crippen molar-refractivity contribution < 1.29 is 9.59 Å². The summed E-state index contributed by atoms with van der Waals surface area (Å²) < 4.78 is 0. The van der Waals surface area contributed by atoms with E-state index in [4.69, 9.17) is 6.42 Å². The summed E-state index contributed by atoms with van der Waals surface area (Å²) in [5.74, 6) is 2.72. The molecule has 1 fully saturated rings. The predicted molar refractivity (Wildman–Crippen MR) is 98.8 cm³/mol. The lowest BCUT2D eigenvalue weighted by Gasteiger charge is -2.22. The number of carbonyl (C=O) groups is 2. The molecule has 26 heavy (non-hydrogen) atoms. The molecule has 3 heterocycles. The van der Waals surface area contributed by atoms with Gasteiger partial charge in [0.1, 0.15) is 4.88 Å². The molecule has 1 aromatic heterocycles. The first kappa shape index (κ1) is 18.5. The van der Waals surface area contributed by atoms with Crippen LogP contribution < -0.4 is 0 Å². The predicted octanol–water partition coefficient (Wildman–Crippen LogP) is 2.48. The second kappa shape index (κ2) is 7.96. The van der Waals surface area contributed by atoms with E-state index < -0.39 is 5.66 Å². The number of terminal acetylenes is 1. The highest BCUT2D eigenvalue weighted by molar-refractivity contribution is 7.11. The van der Waals surface area contributed by atoms with E-state index in [0.717, 1.165) is 12.1 Å². The Labute approximate surface area is 157 Å². The molecule has 0 bridgehead atoms. The van der Waals surface area contributed by atoms with Gasteiger partial charge in [0.15, 0.2) is 5.66 Å². The van der Waals surface area contributed by atoms with Gasteiger partial charge in [-0.25, -0.2) is 4.98 Å². The summed E-state index contributed by atoms with van der Waals surface area (Å²) in [4.78, 5) is 33.7. The second-order valence-electron chi connectivity index (χ2n) is 6.68. The molecule has 2 aliphatic heterocycles. The van der Waals surface area contributed by atoms with Gasteiger partial charge in [-0.15, -0.1) is 23.7 Å². The summed E-state index contributed by atoms with van der Waals surface area (Å²) in [6.45, 7) is 4.31. The second-order valence-corrected chi connectivity index (χ2v) is 7.53. The molecule has 1 saturated heterocycles. The summed E-state index contributed by atoms with van der Waals surface area (Å²) in [7, 11) is 0. The number of hydrogen-bond donors (Lipinski definition) is 0. The molecule has 0 N–H and O–H groups in total. The maximum atomic E-state index is 12.6. The van der Waals surface area contributed by atoms with E-state index >= 15 is 0 Å². The van der Waals surface area contributed by atoms with Crippen LogP contribution in [0.25, 0.3) is 0 Å². The zero-order valence-corrected chi connectivity index (χ0v) is 15.8. The molecular formula is C18H23N5O2S. The van der Waals surface area contributed by atoms with Gasteiger partial charge in [-0.3, -0.25) is 9.59 Å². The van der Waals surface area contributed by atoms with Gasteiger partial charge in [0, 0.05) is 51.9 Å². The van der Waals surface area contributed by atoms with Gasteiger partial charge in [-0.05, 0) is 13.3 Å². The number of thiazole rings is 1. The lowest BCUT2D eigenvalue weighted by Crippen LogP contribution is -2.37. The van der Waals surface area contributed by atoms with Crippen LogP contribution in [0, 0.1) is 19.3 Å². The molecule has 0 saturated carbocycles. The molecule has 0 aliphatic carbocycles. The van der Waals surface area contributed by atoms with E-state index in [1.54, 1.807) is 5.51 Å². The molecule has 1 aromatic rings. The normalized spacial score (nSPS) is 18.3. The molecule has 138 valence electrons. The molecule has 0 atom stereocenters. The average molecular weight is 373 g/mol. The van der Waals surface area contributed by atoms with E-state index in [9.17, 15) is 9.59 Å². The van der Waals surface area contributed by atoms with Crippen molar-refractivity contribution in [3.8, 4) is 12.3 Å². The van der Waals surface area contributed by atoms with Gasteiger partial charge in [0.2, 0.25) is 5.91 Å². The number of aryl methyl sites for hydroxylation is 1. The van der Waals surface area contributed by atoms with Crippen LogP contribution in [0.15, 0.2) is 15.7 Å². The third kappa shape index (κ3) is 4.28. The van der Waals surface area contributed by atoms with Crippen LogP contribution in [0.1, 0.15) is 47.5 Å². The molecule has 0 unspecified atom stereocenters. The Morgan fingerprint density at radius 3 is 2.62 bits per heavy atom. The minimum absolute atomic E-state index is 0.0168. The third-order valence-corrected chi connectivity index (χ3v) is 5.78. The fourth-order valence-electron chi connectivity index (χ4n) is 3.15. The van der Waals surface area contributed by atoms with Crippen molar-refractivity contribution in [1.29, 1.82) is 0 Å². The Hall–Kier alpha value is -2.27. The number of hydrogen-bond acceptors (Lipinski definition) is 6. The van der Waals surface area contributed by atoms with Crippen molar-refractivity contribution in [3.63, 3.8) is 0 Å². The minimum atomic E-state index is -0.417. The Morgan fingerprint density at radius 1 is 1.23 bits per heavy atom. The topological polar surface area (TPSA) is 78.2 Å². The Bertz CT molecular complexity index is 745. The lowest BCUT2D eigenvalue weighted by atomic mass is 10.0. The van der Waals surface area contributed by atoms with Crippen LogP contribution in [-0.2, 0) is 4.79 Å². The third-order valence-electron chi connectivity index (χ3n) is 4.87. The molecule has 0 radical (unpaired) electrons. The first-order valence-electron chi connectivity index (χ1n) is 8.89. The summed E-state index contributed by atoms with van der Waals surface area (Å²) in [6, 6.07) is 0. The zero-order valence-electron chi connectivity index (χ0n) is 15.0. The molecule has 0 spiro atoms. The number of carbonyl (C=O) groups excluding carboxylic acids is 2. The zero-order chi connectivity index (χ0) is 18.6. The van der Waals surface area contributed by atoms with Gasteiger partial charge >= 0.3 is 0 Å². The van der Waals surface area contributed by atoms with E-state index in [1.807, 2.05) is 16.7 Å². The molecule has 2 amide bonds. The molecule has 3 rings (SSSR count). The summed E-state index contributed by atoms with van der Waals surface area (Å²) in [5, 5.41) is 8.16. The van der Waals surface area contributed by atoms with Gasteiger partial charge in [0.25, 0.3) is 5.91 Å². The number of aromatic nitrogens is 1. The van der Waals surface area contributed by atoms with Crippen LogP contribution in [0.5, 0.6) is 0 Å². The molecule has 8 heteroatoms. The summed E-state index contributed by atoms with van der Waals surface area (Å²) >= 11 is 1.37. The molecule has 2 aliphatic rings. The first-order chi connectivity index (χ1) is 12.5. The Kier molecular flexibility index (Phi) is 5.67. The summed E-state index contributed by atoms with van der Waals surface area (Å²) in [6.07, 6.45) is 8.45. The van der Waals surface area contributed by atoms with Gasteiger partial charge in [0.05, 0.1) is 11.2 Å². The largest absolute Gasteiger partial charge is 0.341 e. The number of rotatable bonds is 6. The van der Waals surface area contributed by atoms with Crippen molar-refractivity contribution in [3.05, 3.63) is 16.1 Å². The fourth-order valence-corrected chi connectivity index (χ4v) is 3.92. The van der Waals surface area contributed by atoms with E-state index in [2.05, 4.69) is 21.1 Å². The Balaban J connectivity index is 1.49. The standard InChI is InChI=1S/C18H23N5O2S/c1-3-4-7-18(20-21-18)8-6-15(24)22-9-5-10-23(12-11-22)17(25)16-14(2)19-13-26-16/h1,13H,4-12H2,2H3. The highest BCUT2D eigenvalue weighted by Gasteiger charge is 2.39. The van der Waals surface area contributed by atoms with Crippen molar-refractivity contribution in [2.24, 2.45) is 10.2 Å². The SMILES string of the molecule is C#CCCC1(CCC(=O)N2CCCN(C(=O)c3scnc3C)CC2)N=N1. The van der Waals surface area contributed by atoms with E-state index in [0.29, 0.717) is 56.7 Å². The van der Waals surface area contributed by atoms with Gasteiger partial charge < -0.3 is 9.80 Å². The molecular weight excluding hydrogens is 350 g/mol. The summed E-state index contributed by atoms with van der Waals surface area (Å²) in [5.41, 5.74) is 2.05. The quantitative estimate of drug-likeness (QED) is 0.719. The van der Waals surface area contributed by atoms with Crippen LogP contribution >= 0.6 is 11.3 Å². The number of amides is 2. The Morgan fingerprint density at radius 2 is 1.96 bits per heavy atom. The minimum Gasteiger partial charge on any atom is -0.341 e.